The number of hydrogen-bond donors (Lipinski definition) is 1. The van der Waals surface area contributed by atoms with Gasteiger partial charge in [-0.2, -0.15) is 14.9 Å². The van der Waals surface area contributed by atoms with E-state index in [2.05, 4.69) is 34.1 Å². The van der Waals surface area contributed by atoms with Gasteiger partial charge >= 0.3 is 0 Å². The third kappa shape index (κ3) is 3.63. The molecule has 1 aromatic heterocycles. The van der Waals surface area contributed by atoms with E-state index in [0.717, 1.165) is 24.2 Å². The molecule has 0 saturated carbocycles. The van der Waals surface area contributed by atoms with Gasteiger partial charge in [-0.15, -0.1) is 0 Å². The van der Waals surface area contributed by atoms with Gasteiger partial charge in [0.2, 0.25) is 4.77 Å². The average molecular weight is 270 g/mol. The number of hydrogen-bond acceptors (Lipinski definition) is 3. The molecule has 0 saturated heterocycles. The van der Waals surface area contributed by atoms with E-state index in [4.69, 9.17) is 12.2 Å². The van der Waals surface area contributed by atoms with Crippen LogP contribution in [0.25, 0.3) is 0 Å². The van der Waals surface area contributed by atoms with E-state index < -0.39 is 0 Å². The second-order valence-corrected chi connectivity index (χ2v) is 4.27. The van der Waals surface area contributed by atoms with Gasteiger partial charge in [-0.25, -0.2) is 0 Å². The molecule has 0 unspecified atom stereocenters. The summed E-state index contributed by atoms with van der Waals surface area (Å²) in [6.07, 6.45) is 3.36. The zero-order valence-corrected chi connectivity index (χ0v) is 11.4. The largest absolute Gasteiger partial charge is 0.250 e. The molecule has 0 spiro atoms. The zero-order valence-electron chi connectivity index (χ0n) is 10.6. The lowest BCUT2D eigenvalue weighted by atomic mass is 10.2. The van der Waals surface area contributed by atoms with Crippen LogP contribution in [-0.4, -0.2) is 21.1 Å². The quantitative estimate of drug-likeness (QED) is 0.529. The van der Waals surface area contributed by atoms with Gasteiger partial charge in [0.05, 0.1) is 6.21 Å². The van der Waals surface area contributed by atoms with Crippen LogP contribution in [0.5, 0.6) is 0 Å². The maximum absolute atomic E-state index is 5.11. The van der Waals surface area contributed by atoms with Crippen molar-refractivity contribution in [2.45, 2.75) is 19.8 Å². The van der Waals surface area contributed by atoms with Crippen molar-refractivity contribution in [3.63, 3.8) is 0 Å². The molecule has 5 heteroatoms. The Kier molecular flexibility index (Phi) is 4.65. The number of rotatable bonds is 3. The summed E-state index contributed by atoms with van der Waals surface area (Å²) in [5.41, 5.74) is 0.957. The van der Waals surface area contributed by atoms with Crippen molar-refractivity contribution in [1.82, 2.24) is 14.9 Å². The standard InChI is InChI=1S/C14H14N4S/c1-2-7-13-16-17-14(19)18(13)15-11-6-10-12-8-4-3-5-9-12/h3-5,8-9,11H,2,7H2,1H3,(H,17,19)/b15-11+. The first-order chi connectivity index (χ1) is 9.31. The SMILES string of the molecule is CCCc1n[nH]c(=S)n1/N=C/C#Cc1ccccc1. The topological polar surface area (TPSA) is 46.0 Å². The van der Waals surface area contributed by atoms with E-state index in [9.17, 15) is 0 Å². The smallest absolute Gasteiger partial charge is 0.216 e. The molecular weight excluding hydrogens is 256 g/mol. The number of benzene rings is 1. The van der Waals surface area contributed by atoms with Crippen molar-refractivity contribution < 1.29 is 0 Å². The van der Waals surface area contributed by atoms with Crippen LogP contribution in [0.3, 0.4) is 0 Å². The molecule has 0 radical (unpaired) electrons. The predicted molar refractivity (Wildman–Crippen MR) is 78.6 cm³/mol. The van der Waals surface area contributed by atoms with Gasteiger partial charge in [0.1, 0.15) is 0 Å². The molecule has 1 heterocycles. The molecule has 4 nitrogen and oxygen atoms in total. The molecule has 0 aliphatic carbocycles. The van der Waals surface area contributed by atoms with E-state index in [1.807, 2.05) is 30.3 Å². The summed E-state index contributed by atoms with van der Waals surface area (Å²) in [7, 11) is 0. The van der Waals surface area contributed by atoms with E-state index in [1.165, 1.54) is 6.21 Å². The molecule has 0 fully saturated rings. The van der Waals surface area contributed by atoms with Crippen LogP contribution in [0.2, 0.25) is 0 Å². The monoisotopic (exact) mass is 270 g/mol. The molecule has 1 aromatic carbocycles. The molecule has 0 bridgehead atoms. The minimum atomic E-state index is 0.487. The molecular formula is C14H14N4S. The number of H-pyrrole nitrogens is 1. The lowest BCUT2D eigenvalue weighted by molar-refractivity contribution is 0.740. The fourth-order valence-corrected chi connectivity index (χ4v) is 1.75. The maximum Gasteiger partial charge on any atom is 0.216 e. The molecule has 0 amide bonds. The van der Waals surface area contributed by atoms with Crippen LogP contribution in [0.15, 0.2) is 35.4 Å². The van der Waals surface area contributed by atoms with Gasteiger partial charge in [-0.05, 0) is 36.7 Å². The molecule has 0 aliphatic rings. The van der Waals surface area contributed by atoms with E-state index >= 15 is 0 Å². The first-order valence-corrected chi connectivity index (χ1v) is 6.48. The summed E-state index contributed by atoms with van der Waals surface area (Å²) in [5.74, 6) is 6.71. The number of aryl methyl sites for hydroxylation is 1. The lowest BCUT2D eigenvalue weighted by Crippen LogP contribution is -1.97. The first-order valence-electron chi connectivity index (χ1n) is 6.07. The third-order valence-electron chi connectivity index (χ3n) is 2.42. The van der Waals surface area contributed by atoms with E-state index in [1.54, 1.807) is 4.68 Å². The molecule has 2 aromatic rings. The molecule has 96 valence electrons. The molecule has 1 N–H and O–H groups in total. The minimum Gasteiger partial charge on any atom is -0.250 e. The Balaban J connectivity index is 2.14. The third-order valence-corrected chi connectivity index (χ3v) is 2.68. The van der Waals surface area contributed by atoms with Gasteiger partial charge in [0.15, 0.2) is 5.82 Å². The van der Waals surface area contributed by atoms with Crippen LogP contribution in [0.4, 0.5) is 0 Å². The van der Waals surface area contributed by atoms with Gasteiger partial charge in [0, 0.05) is 12.0 Å². The van der Waals surface area contributed by atoms with Crippen molar-refractivity contribution >= 4 is 18.4 Å². The Morgan fingerprint density at radius 2 is 2.21 bits per heavy atom. The minimum absolute atomic E-state index is 0.487. The van der Waals surface area contributed by atoms with Crippen LogP contribution >= 0.6 is 12.2 Å². The van der Waals surface area contributed by atoms with Gasteiger partial charge in [-0.1, -0.05) is 31.0 Å². The van der Waals surface area contributed by atoms with Crippen LogP contribution in [-0.2, 0) is 6.42 Å². The van der Waals surface area contributed by atoms with Crippen LogP contribution in [0.1, 0.15) is 24.7 Å². The Labute approximate surface area is 117 Å². The number of aromatic amines is 1. The molecule has 0 atom stereocenters. The average Bonchev–Trinajstić information content (AvgIpc) is 2.78. The first kappa shape index (κ1) is 13.2. The highest BCUT2D eigenvalue weighted by molar-refractivity contribution is 7.71. The van der Waals surface area contributed by atoms with Crippen LogP contribution < -0.4 is 0 Å². The van der Waals surface area contributed by atoms with Gasteiger partial charge < -0.3 is 0 Å². The Morgan fingerprint density at radius 3 is 2.95 bits per heavy atom. The zero-order chi connectivity index (χ0) is 13.5. The summed E-state index contributed by atoms with van der Waals surface area (Å²) in [6.45, 7) is 2.08. The fraction of sp³-hybridized carbons (Fsp3) is 0.214. The Hall–Kier alpha value is -2.19. The highest BCUT2D eigenvalue weighted by Gasteiger charge is 2.01. The second-order valence-electron chi connectivity index (χ2n) is 3.89. The van der Waals surface area contributed by atoms with Gasteiger partial charge in [0.25, 0.3) is 0 Å². The van der Waals surface area contributed by atoms with E-state index in [0.29, 0.717) is 4.77 Å². The number of aromatic nitrogens is 3. The highest BCUT2D eigenvalue weighted by atomic mass is 32.1. The summed E-state index contributed by atoms with van der Waals surface area (Å²) in [5, 5.41) is 11.1. The van der Waals surface area contributed by atoms with Crippen molar-refractivity contribution in [3.8, 4) is 11.8 Å². The summed E-state index contributed by atoms with van der Waals surface area (Å²) >= 11 is 5.11. The lowest BCUT2D eigenvalue weighted by Gasteiger charge is -1.95. The highest BCUT2D eigenvalue weighted by Crippen LogP contribution is 2.00. The summed E-state index contributed by atoms with van der Waals surface area (Å²) < 4.78 is 2.10. The maximum atomic E-state index is 5.11. The predicted octanol–water partition coefficient (Wildman–Crippen LogP) is 2.78. The van der Waals surface area contributed by atoms with E-state index in [-0.39, 0.29) is 0 Å². The second kappa shape index (κ2) is 6.66. The Bertz CT molecular complexity index is 671. The summed E-state index contributed by atoms with van der Waals surface area (Å²) in [6, 6.07) is 9.76. The molecule has 2 rings (SSSR count). The van der Waals surface area contributed by atoms with Crippen molar-refractivity contribution in [2.75, 3.05) is 0 Å². The van der Waals surface area contributed by atoms with Crippen molar-refractivity contribution in [2.24, 2.45) is 5.10 Å². The van der Waals surface area contributed by atoms with Gasteiger partial charge in [-0.3, -0.25) is 5.10 Å². The Morgan fingerprint density at radius 1 is 1.42 bits per heavy atom. The fourth-order valence-electron chi connectivity index (χ4n) is 1.55. The van der Waals surface area contributed by atoms with Crippen molar-refractivity contribution in [3.05, 3.63) is 46.5 Å². The summed E-state index contributed by atoms with van der Waals surface area (Å²) in [4.78, 5) is 0. The molecule has 19 heavy (non-hydrogen) atoms. The number of nitrogens with zero attached hydrogens (tertiary/aromatic N) is 3. The van der Waals surface area contributed by atoms with Crippen LogP contribution in [0, 0.1) is 16.6 Å². The molecule has 0 aliphatic heterocycles. The normalized spacial score (nSPS) is 10.4. The number of nitrogens with one attached hydrogen (secondary N) is 1. The van der Waals surface area contributed by atoms with Crippen molar-refractivity contribution in [1.29, 1.82) is 0 Å².